The summed E-state index contributed by atoms with van der Waals surface area (Å²) in [5, 5.41) is 4.79. The molecule has 3 aromatic rings. The van der Waals surface area contributed by atoms with E-state index >= 15 is 0 Å². The highest BCUT2D eigenvalue weighted by Crippen LogP contribution is 2.35. The number of fused-ring (bicyclic) bond motifs is 1. The van der Waals surface area contributed by atoms with E-state index in [1.54, 1.807) is 6.92 Å². The van der Waals surface area contributed by atoms with Crippen LogP contribution in [-0.2, 0) is 12.6 Å². The van der Waals surface area contributed by atoms with E-state index in [2.05, 4.69) is 25.7 Å². The van der Waals surface area contributed by atoms with Crippen molar-refractivity contribution in [1.82, 2.24) is 9.61 Å². The molecule has 2 aromatic heterocycles. The van der Waals surface area contributed by atoms with Crippen LogP contribution in [0.15, 0.2) is 36.4 Å². The Morgan fingerprint density at radius 3 is 2.17 bits per heavy atom. The summed E-state index contributed by atoms with van der Waals surface area (Å²) < 4.78 is 40.9. The molecule has 0 N–H and O–H groups in total. The number of hydrogen-bond donors (Lipinski definition) is 0. The maximum atomic E-state index is 13.0. The quantitative estimate of drug-likeness (QED) is 0.467. The minimum atomic E-state index is -4.34. The van der Waals surface area contributed by atoms with Crippen LogP contribution >= 0.6 is 0 Å². The van der Waals surface area contributed by atoms with Gasteiger partial charge in [0.2, 0.25) is 0 Å². The molecule has 0 amide bonds. The molecule has 0 aliphatic carbocycles. The topological polar surface area (TPSA) is 20.5 Å². The van der Waals surface area contributed by atoms with E-state index in [1.807, 2.05) is 36.6 Å². The highest BCUT2D eigenvalue weighted by molar-refractivity contribution is 5.79. The maximum absolute atomic E-state index is 13.0. The third-order valence-corrected chi connectivity index (χ3v) is 4.95. The first-order valence-corrected chi connectivity index (χ1v) is 10.3. The zero-order valence-electron chi connectivity index (χ0n) is 18.1. The molecule has 158 valence electrons. The van der Waals surface area contributed by atoms with Crippen molar-refractivity contribution in [2.24, 2.45) is 0 Å². The minimum Gasteiger partial charge on any atom is -0.369 e. The van der Waals surface area contributed by atoms with Crippen LogP contribution in [-0.4, -0.2) is 22.7 Å². The molecule has 0 atom stereocenters. The van der Waals surface area contributed by atoms with E-state index in [0.717, 1.165) is 53.7 Å². The largest absolute Gasteiger partial charge is 0.416 e. The number of nitrogens with zero attached hydrogens (tertiary/aromatic N) is 3. The fourth-order valence-corrected chi connectivity index (χ4v) is 3.56. The van der Waals surface area contributed by atoms with Crippen molar-refractivity contribution in [2.45, 2.75) is 54.1 Å². The van der Waals surface area contributed by atoms with Crippen LogP contribution in [0.5, 0.6) is 0 Å². The Morgan fingerprint density at radius 1 is 1.00 bits per heavy atom. The molecule has 0 unspecified atom stereocenters. The summed E-state index contributed by atoms with van der Waals surface area (Å²) in [6, 6.07) is 9.73. The molecule has 1 aromatic carbocycles. The van der Waals surface area contributed by atoms with Crippen molar-refractivity contribution >= 4 is 11.2 Å². The highest BCUT2D eigenvalue weighted by atomic mass is 19.4. The third kappa shape index (κ3) is 4.41. The van der Waals surface area contributed by atoms with Gasteiger partial charge in [0.1, 0.15) is 0 Å². The van der Waals surface area contributed by atoms with Gasteiger partial charge in [-0.05, 0) is 57.0 Å². The monoisotopic (exact) mass is 405 g/mol. The highest BCUT2D eigenvalue weighted by Gasteiger charge is 2.31. The second kappa shape index (κ2) is 9.33. The van der Waals surface area contributed by atoms with Gasteiger partial charge in [0.15, 0.2) is 0 Å². The molecule has 0 saturated heterocycles. The van der Waals surface area contributed by atoms with Crippen LogP contribution in [0.1, 0.15) is 51.4 Å². The van der Waals surface area contributed by atoms with Gasteiger partial charge >= 0.3 is 6.18 Å². The Hall–Kier alpha value is -2.50. The van der Waals surface area contributed by atoms with Gasteiger partial charge in [0.25, 0.3) is 0 Å². The Labute approximate surface area is 171 Å². The molecule has 0 fully saturated rings. The summed E-state index contributed by atoms with van der Waals surface area (Å²) in [5.74, 6) is 0. The zero-order chi connectivity index (χ0) is 21.8. The standard InChI is InChI=1S/C21H24F3N3.C2H6/c1-5-17-20(26(6-2)7-3)19-10-8-9-18(27(19)25-17)16-12-11-15(13-14(16)4)21(22,23)24;1-2/h8-13H,5-7H2,1-4H3;1-2H3. The predicted molar refractivity (Wildman–Crippen MR) is 115 cm³/mol. The first-order valence-electron chi connectivity index (χ1n) is 10.3. The van der Waals surface area contributed by atoms with Crippen molar-refractivity contribution in [2.75, 3.05) is 18.0 Å². The van der Waals surface area contributed by atoms with Crippen molar-refractivity contribution in [3.63, 3.8) is 0 Å². The molecular weight excluding hydrogens is 375 g/mol. The molecule has 0 saturated carbocycles. The van der Waals surface area contributed by atoms with Crippen LogP contribution in [0, 0.1) is 6.92 Å². The van der Waals surface area contributed by atoms with Crippen molar-refractivity contribution in [1.29, 1.82) is 0 Å². The number of pyridine rings is 1. The van der Waals surface area contributed by atoms with Gasteiger partial charge in [-0.15, -0.1) is 0 Å². The minimum absolute atomic E-state index is 0.579. The van der Waals surface area contributed by atoms with E-state index < -0.39 is 11.7 Å². The van der Waals surface area contributed by atoms with Crippen molar-refractivity contribution in [3.05, 3.63) is 53.2 Å². The normalized spacial score (nSPS) is 11.3. The molecule has 3 nitrogen and oxygen atoms in total. The summed E-state index contributed by atoms with van der Waals surface area (Å²) in [6.45, 7) is 13.7. The smallest absolute Gasteiger partial charge is 0.369 e. The van der Waals surface area contributed by atoms with Crippen LogP contribution in [0.25, 0.3) is 16.8 Å². The van der Waals surface area contributed by atoms with E-state index in [1.165, 1.54) is 12.1 Å². The van der Waals surface area contributed by atoms with E-state index in [0.29, 0.717) is 5.56 Å². The SMILES string of the molecule is CC.CCc1nn2c(-c3ccc(C(F)(F)F)cc3C)cccc2c1N(CC)CC. The van der Waals surface area contributed by atoms with Crippen LogP contribution in [0.2, 0.25) is 0 Å². The van der Waals surface area contributed by atoms with Gasteiger partial charge < -0.3 is 4.90 Å². The second-order valence-electron chi connectivity index (χ2n) is 6.56. The second-order valence-corrected chi connectivity index (χ2v) is 6.56. The zero-order valence-corrected chi connectivity index (χ0v) is 18.1. The Kier molecular flexibility index (Phi) is 7.33. The molecule has 0 spiro atoms. The number of aryl methyl sites for hydroxylation is 2. The number of alkyl halides is 3. The van der Waals surface area contributed by atoms with Gasteiger partial charge in [-0.2, -0.15) is 18.3 Å². The fourth-order valence-electron chi connectivity index (χ4n) is 3.56. The van der Waals surface area contributed by atoms with Gasteiger partial charge in [-0.1, -0.05) is 32.9 Å². The predicted octanol–water partition coefficient (Wildman–Crippen LogP) is 6.76. The fraction of sp³-hybridized carbons (Fsp3) is 0.435. The van der Waals surface area contributed by atoms with Crippen LogP contribution < -0.4 is 4.90 Å². The van der Waals surface area contributed by atoms with Crippen LogP contribution in [0.3, 0.4) is 0 Å². The summed E-state index contributed by atoms with van der Waals surface area (Å²) in [5.41, 5.74) is 4.58. The van der Waals surface area contributed by atoms with Gasteiger partial charge in [-0.3, -0.25) is 0 Å². The molecule has 0 aliphatic heterocycles. The molecule has 29 heavy (non-hydrogen) atoms. The van der Waals surface area contributed by atoms with Gasteiger partial charge in [0, 0.05) is 18.7 Å². The summed E-state index contributed by atoms with van der Waals surface area (Å²) >= 11 is 0. The average Bonchev–Trinajstić information content (AvgIpc) is 3.09. The van der Waals surface area contributed by atoms with E-state index in [-0.39, 0.29) is 0 Å². The van der Waals surface area contributed by atoms with E-state index in [9.17, 15) is 13.2 Å². The average molecular weight is 406 g/mol. The number of halogens is 3. The maximum Gasteiger partial charge on any atom is 0.416 e. The lowest BCUT2D eigenvalue weighted by molar-refractivity contribution is -0.137. The molecule has 0 bridgehead atoms. The van der Waals surface area contributed by atoms with Gasteiger partial charge in [0.05, 0.1) is 28.2 Å². The Balaban J connectivity index is 0.00000145. The summed E-state index contributed by atoms with van der Waals surface area (Å²) in [7, 11) is 0. The molecule has 0 radical (unpaired) electrons. The molecule has 0 aliphatic rings. The summed E-state index contributed by atoms with van der Waals surface area (Å²) in [4.78, 5) is 2.27. The van der Waals surface area contributed by atoms with Crippen molar-refractivity contribution < 1.29 is 13.2 Å². The van der Waals surface area contributed by atoms with Crippen molar-refractivity contribution in [3.8, 4) is 11.3 Å². The summed E-state index contributed by atoms with van der Waals surface area (Å²) in [6.07, 6.45) is -3.55. The molecule has 3 rings (SSSR count). The first-order chi connectivity index (χ1) is 13.8. The van der Waals surface area contributed by atoms with Crippen LogP contribution in [0.4, 0.5) is 18.9 Å². The number of benzene rings is 1. The van der Waals surface area contributed by atoms with E-state index in [4.69, 9.17) is 5.10 Å². The Bertz CT molecular complexity index is 954. The lowest BCUT2D eigenvalue weighted by atomic mass is 10.0. The number of aromatic nitrogens is 2. The third-order valence-electron chi connectivity index (χ3n) is 4.95. The molecular formula is C23H30F3N3. The number of hydrogen-bond acceptors (Lipinski definition) is 2. The van der Waals surface area contributed by atoms with Gasteiger partial charge in [-0.25, -0.2) is 4.52 Å². The molecule has 2 heterocycles. The number of rotatable bonds is 5. The molecule has 6 heteroatoms. The lowest BCUT2D eigenvalue weighted by Gasteiger charge is -2.21. The number of anilines is 1. The Morgan fingerprint density at radius 2 is 1.66 bits per heavy atom. The lowest BCUT2D eigenvalue weighted by Crippen LogP contribution is -2.22. The first kappa shape index (κ1) is 22.8.